The number of hydrogen-bond acceptors (Lipinski definition) is 4. The first-order valence-electron chi connectivity index (χ1n) is 9.41. The standard InChI is InChI=1S/C22H19ClN2O3S2/c1-2-13-24-30(27,28)16-10-8-15(9-11-16)25-22(26)21-20(23)19-17-6-4-3-5-14(17)7-12-18(19)29-21/h3-12,24H,2,13H2,1H3,(H,25,26). The molecule has 0 bridgehead atoms. The van der Waals surface area contributed by atoms with Crippen LogP contribution in [-0.2, 0) is 10.0 Å². The molecule has 154 valence electrons. The van der Waals surface area contributed by atoms with Gasteiger partial charge in [0.15, 0.2) is 0 Å². The largest absolute Gasteiger partial charge is 0.321 e. The van der Waals surface area contributed by atoms with Crippen molar-refractivity contribution < 1.29 is 13.2 Å². The SMILES string of the molecule is CCCNS(=O)(=O)c1ccc(NC(=O)c2sc3ccc4ccccc4c3c2Cl)cc1. The van der Waals surface area contributed by atoms with Gasteiger partial charge in [-0.15, -0.1) is 11.3 Å². The molecule has 1 amide bonds. The number of halogens is 1. The molecular weight excluding hydrogens is 440 g/mol. The number of sulfonamides is 1. The molecule has 0 unspecified atom stereocenters. The van der Waals surface area contributed by atoms with Gasteiger partial charge < -0.3 is 5.32 Å². The molecule has 0 aliphatic heterocycles. The first-order valence-corrected chi connectivity index (χ1v) is 12.1. The Morgan fingerprint density at radius 3 is 2.50 bits per heavy atom. The number of nitrogens with one attached hydrogen (secondary N) is 2. The van der Waals surface area contributed by atoms with Gasteiger partial charge in [0.1, 0.15) is 4.88 Å². The molecule has 8 heteroatoms. The van der Waals surface area contributed by atoms with Crippen molar-refractivity contribution >= 4 is 65.4 Å². The van der Waals surface area contributed by atoms with Crippen molar-refractivity contribution in [2.75, 3.05) is 11.9 Å². The number of anilines is 1. The maximum atomic E-state index is 12.8. The van der Waals surface area contributed by atoms with Gasteiger partial charge in [-0.2, -0.15) is 0 Å². The Kier molecular flexibility index (Phi) is 5.79. The van der Waals surface area contributed by atoms with Crippen LogP contribution in [0.25, 0.3) is 20.9 Å². The van der Waals surface area contributed by atoms with Crippen LogP contribution in [0.4, 0.5) is 5.69 Å². The summed E-state index contributed by atoms with van der Waals surface area (Å²) in [4.78, 5) is 13.4. The smallest absolute Gasteiger partial charge is 0.267 e. The van der Waals surface area contributed by atoms with E-state index in [4.69, 9.17) is 11.6 Å². The lowest BCUT2D eigenvalue weighted by molar-refractivity contribution is 0.103. The van der Waals surface area contributed by atoms with E-state index in [1.165, 1.54) is 23.5 Å². The summed E-state index contributed by atoms with van der Waals surface area (Å²) in [6, 6.07) is 17.9. The van der Waals surface area contributed by atoms with Gasteiger partial charge in [-0.05, 0) is 47.5 Å². The molecule has 0 radical (unpaired) electrons. The van der Waals surface area contributed by atoms with E-state index in [0.717, 1.165) is 20.9 Å². The molecule has 0 aliphatic rings. The van der Waals surface area contributed by atoms with Crippen molar-refractivity contribution in [2.45, 2.75) is 18.2 Å². The Balaban J connectivity index is 1.61. The quantitative estimate of drug-likeness (QED) is 0.392. The third kappa shape index (κ3) is 3.94. The number of benzene rings is 3. The third-order valence-corrected chi connectivity index (χ3v) is 7.81. The number of hydrogen-bond donors (Lipinski definition) is 2. The monoisotopic (exact) mass is 458 g/mol. The second kappa shape index (κ2) is 8.35. The summed E-state index contributed by atoms with van der Waals surface area (Å²) in [7, 11) is -3.55. The zero-order valence-corrected chi connectivity index (χ0v) is 18.5. The van der Waals surface area contributed by atoms with Crippen LogP contribution in [0.15, 0.2) is 65.6 Å². The molecule has 30 heavy (non-hydrogen) atoms. The first-order chi connectivity index (χ1) is 14.4. The van der Waals surface area contributed by atoms with Crippen LogP contribution in [-0.4, -0.2) is 20.9 Å². The molecule has 5 nitrogen and oxygen atoms in total. The maximum Gasteiger partial charge on any atom is 0.267 e. The van der Waals surface area contributed by atoms with Gasteiger partial charge in [0.25, 0.3) is 5.91 Å². The molecule has 0 spiro atoms. The fourth-order valence-electron chi connectivity index (χ4n) is 3.20. The molecule has 0 aliphatic carbocycles. The maximum absolute atomic E-state index is 12.8. The molecule has 1 heterocycles. The van der Waals surface area contributed by atoms with E-state index in [1.54, 1.807) is 12.1 Å². The number of amides is 1. The van der Waals surface area contributed by atoms with Gasteiger partial charge >= 0.3 is 0 Å². The second-order valence-corrected chi connectivity index (χ2v) is 9.98. The minimum Gasteiger partial charge on any atom is -0.321 e. The van der Waals surface area contributed by atoms with Crippen molar-refractivity contribution in [3.05, 3.63) is 70.6 Å². The van der Waals surface area contributed by atoms with Gasteiger partial charge in [-0.1, -0.05) is 48.9 Å². The molecule has 0 saturated carbocycles. The molecular formula is C22H19ClN2O3S2. The van der Waals surface area contributed by atoms with Crippen LogP contribution < -0.4 is 10.0 Å². The van der Waals surface area contributed by atoms with E-state index in [-0.39, 0.29) is 10.8 Å². The third-order valence-electron chi connectivity index (χ3n) is 4.69. The highest BCUT2D eigenvalue weighted by atomic mass is 35.5. The highest BCUT2D eigenvalue weighted by Crippen LogP contribution is 2.40. The first kappa shape index (κ1) is 20.8. The van der Waals surface area contributed by atoms with Gasteiger partial charge in [-0.25, -0.2) is 13.1 Å². The van der Waals surface area contributed by atoms with Crippen LogP contribution in [0.5, 0.6) is 0 Å². The van der Waals surface area contributed by atoms with E-state index in [9.17, 15) is 13.2 Å². The normalized spacial score (nSPS) is 11.8. The fourth-order valence-corrected chi connectivity index (χ4v) is 5.80. The summed E-state index contributed by atoms with van der Waals surface area (Å²) in [5.41, 5.74) is 0.493. The van der Waals surface area contributed by atoms with Crippen molar-refractivity contribution in [3.8, 4) is 0 Å². The Morgan fingerprint density at radius 1 is 1.03 bits per heavy atom. The van der Waals surface area contributed by atoms with Gasteiger partial charge in [-0.3, -0.25) is 4.79 Å². The Labute approximate surface area is 183 Å². The molecule has 0 saturated heterocycles. The summed E-state index contributed by atoms with van der Waals surface area (Å²) in [6.45, 7) is 2.27. The average molecular weight is 459 g/mol. The summed E-state index contributed by atoms with van der Waals surface area (Å²) in [6.07, 6.45) is 0.707. The second-order valence-electron chi connectivity index (χ2n) is 6.78. The van der Waals surface area contributed by atoms with Crippen molar-refractivity contribution in [2.24, 2.45) is 0 Å². The van der Waals surface area contributed by atoms with E-state index < -0.39 is 10.0 Å². The van der Waals surface area contributed by atoms with E-state index in [2.05, 4.69) is 10.0 Å². The zero-order chi connectivity index (χ0) is 21.3. The van der Waals surface area contributed by atoms with Gasteiger partial charge in [0, 0.05) is 22.3 Å². The Hall–Kier alpha value is -2.45. The number of thiophene rings is 1. The zero-order valence-electron chi connectivity index (χ0n) is 16.1. The molecule has 0 atom stereocenters. The highest BCUT2D eigenvalue weighted by Gasteiger charge is 2.19. The molecule has 3 aromatic carbocycles. The van der Waals surface area contributed by atoms with Gasteiger partial charge in [0.05, 0.1) is 9.92 Å². The summed E-state index contributed by atoms with van der Waals surface area (Å²) in [5, 5.41) is 6.16. The lowest BCUT2D eigenvalue weighted by Gasteiger charge is -2.08. The summed E-state index contributed by atoms with van der Waals surface area (Å²) < 4.78 is 27.8. The Morgan fingerprint density at radius 2 is 1.77 bits per heavy atom. The summed E-state index contributed by atoms with van der Waals surface area (Å²) >= 11 is 7.93. The predicted molar refractivity (Wildman–Crippen MR) is 124 cm³/mol. The van der Waals surface area contributed by atoms with Gasteiger partial charge in [0.2, 0.25) is 10.0 Å². The minimum absolute atomic E-state index is 0.153. The van der Waals surface area contributed by atoms with E-state index in [1.807, 2.05) is 43.3 Å². The van der Waals surface area contributed by atoms with Crippen LogP contribution in [0.2, 0.25) is 5.02 Å². The van der Waals surface area contributed by atoms with Crippen LogP contribution in [0.1, 0.15) is 23.0 Å². The lowest BCUT2D eigenvalue weighted by Crippen LogP contribution is -2.24. The predicted octanol–water partition coefficient (Wildman–Crippen LogP) is 5.65. The molecule has 4 aromatic rings. The lowest BCUT2D eigenvalue weighted by atomic mass is 10.1. The number of fused-ring (bicyclic) bond motifs is 3. The fraction of sp³-hybridized carbons (Fsp3) is 0.136. The molecule has 4 rings (SSSR count). The number of carbonyl (C=O) groups is 1. The van der Waals surface area contributed by atoms with Crippen molar-refractivity contribution in [1.82, 2.24) is 4.72 Å². The number of carbonyl (C=O) groups excluding carboxylic acids is 1. The average Bonchev–Trinajstić information content (AvgIpc) is 3.10. The topological polar surface area (TPSA) is 75.3 Å². The van der Waals surface area contributed by atoms with Crippen LogP contribution in [0, 0.1) is 0 Å². The molecule has 2 N–H and O–H groups in total. The van der Waals surface area contributed by atoms with Crippen molar-refractivity contribution in [3.63, 3.8) is 0 Å². The number of rotatable bonds is 6. The van der Waals surface area contributed by atoms with Crippen LogP contribution in [0.3, 0.4) is 0 Å². The van der Waals surface area contributed by atoms with E-state index in [0.29, 0.717) is 28.6 Å². The molecule has 1 aromatic heterocycles. The molecule has 0 fully saturated rings. The van der Waals surface area contributed by atoms with Crippen LogP contribution >= 0.6 is 22.9 Å². The highest BCUT2D eigenvalue weighted by molar-refractivity contribution is 7.89. The van der Waals surface area contributed by atoms with E-state index >= 15 is 0 Å². The Bertz CT molecular complexity index is 1350. The van der Waals surface area contributed by atoms with Crippen molar-refractivity contribution in [1.29, 1.82) is 0 Å². The minimum atomic E-state index is -3.55. The summed E-state index contributed by atoms with van der Waals surface area (Å²) in [5.74, 6) is -0.329.